The van der Waals surface area contributed by atoms with Crippen LogP contribution in [0, 0.1) is 0 Å². The van der Waals surface area contributed by atoms with Crippen LogP contribution in [0.3, 0.4) is 0 Å². The Morgan fingerprint density at radius 1 is 0.750 bits per heavy atom. The molecule has 0 amide bonds. The van der Waals surface area contributed by atoms with E-state index < -0.39 is 0 Å². The maximum Gasteiger partial charge on any atom is 0.243 e. The van der Waals surface area contributed by atoms with E-state index >= 15 is 0 Å². The van der Waals surface area contributed by atoms with Crippen LogP contribution in [0.25, 0.3) is 0 Å². The van der Waals surface area contributed by atoms with Gasteiger partial charge in [-0.25, -0.2) is 13.7 Å². The summed E-state index contributed by atoms with van der Waals surface area (Å²) in [5, 5.41) is 0. The third kappa shape index (κ3) is 32.6. The highest BCUT2D eigenvalue weighted by atomic mass is 31.2. The predicted octanol–water partition coefficient (Wildman–Crippen LogP) is 2.21. The van der Waals surface area contributed by atoms with Crippen molar-refractivity contribution in [2.75, 3.05) is 54.8 Å². The van der Waals surface area contributed by atoms with Gasteiger partial charge in [0.15, 0.2) is 12.4 Å². The van der Waals surface area contributed by atoms with Crippen LogP contribution in [0.15, 0.2) is 49.3 Å². The van der Waals surface area contributed by atoms with E-state index in [0.29, 0.717) is 0 Å². The summed E-state index contributed by atoms with van der Waals surface area (Å²) in [4.78, 5) is 0. The average molecular weight is 357 g/mol. The zero-order valence-electron chi connectivity index (χ0n) is 17.9. The van der Waals surface area contributed by atoms with Crippen LogP contribution in [0.5, 0.6) is 0 Å². The fourth-order valence-corrected chi connectivity index (χ4v) is 1.06. The van der Waals surface area contributed by atoms with Gasteiger partial charge in [0, 0.05) is 46.1 Å². The molecule has 0 spiro atoms. The highest BCUT2D eigenvalue weighted by Crippen LogP contribution is 2.40. The molecule has 2 aromatic heterocycles. The van der Waals surface area contributed by atoms with Gasteiger partial charge in [0.1, 0.15) is 19.4 Å². The summed E-state index contributed by atoms with van der Waals surface area (Å²) in [6.45, 7) is 9.19. The highest BCUT2D eigenvalue weighted by molar-refractivity contribution is 7.73. The number of hydrogen-bond acceptors (Lipinski definition) is 0. The minimum absolute atomic E-state index is 0.389. The van der Waals surface area contributed by atoms with E-state index in [1.807, 2.05) is 84.2 Å². The van der Waals surface area contributed by atoms with E-state index in [9.17, 15) is 0 Å². The Balaban J connectivity index is 0. The van der Waals surface area contributed by atoms with Gasteiger partial charge in [0.25, 0.3) is 0 Å². The normalized spacial score (nSPS) is 10.3. The molecule has 0 fully saturated rings. The van der Waals surface area contributed by atoms with Crippen molar-refractivity contribution in [1.29, 1.82) is 0 Å². The van der Waals surface area contributed by atoms with Crippen molar-refractivity contribution in [3.05, 3.63) is 49.3 Å². The highest BCUT2D eigenvalue weighted by Gasteiger charge is 2.03. The van der Waals surface area contributed by atoms with E-state index in [4.69, 9.17) is 0 Å². The van der Waals surface area contributed by atoms with Gasteiger partial charge >= 0.3 is 0 Å². The zero-order chi connectivity index (χ0) is 19.4. The maximum atomic E-state index is 2.30. The van der Waals surface area contributed by atoms with Gasteiger partial charge in [-0.15, -0.1) is 0 Å². The lowest BCUT2D eigenvalue weighted by atomic mass is 10.5. The lowest BCUT2D eigenvalue weighted by Crippen LogP contribution is -2.27. The van der Waals surface area contributed by atoms with Gasteiger partial charge in [0.05, 0.1) is 42.3 Å². The molecule has 2 aromatic rings. The van der Waals surface area contributed by atoms with Gasteiger partial charge in [-0.1, -0.05) is 6.07 Å². The topological polar surface area (TPSA) is 12.7 Å². The molecule has 0 aliphatic carbocycles. The molecule has 4 nitrogen and oxygen atoms in total. The Morgan fingerprint density at radius 2 is 1.12 bits per heavy atom. The van der Waals surface area contributed by atoms with Crippen LogP contribution in [-0.2, 0) is 21.1 Å². The molecular weight excluding hydrogens is 315 g/mol. The molecule has 0 aliphatic rings. The molecular formula is C19H41N4P+4. The van der Waals surface area contributed by atoms with Crippen molar-refractivity contribution >= 4 is 7.26 Å². The molecule has 0 saturated carbocycles. The minimum Gasteiger partial charge on any atom is -0.333 e. The average Bonchev–Trinajstić information content (AvgIpc) is 2.70. The summed E-state index contributed by atoms with van der Waals surface area (Å²) in [6.07, 6.45) is 10.0. The van der Waals surface area contributed by atoms with Crippen LogP contribution in [0.4, 0.5) is 0 Å². The smallest absolute Gasteiger partial charge is 0.243 e. The number of nitrogens with zero attached hydrogens (tertiary/aromatic N) is 4. The molecule has 0 bridgehead atoms. The molecule has 5 heteroatoms. The Hall–Kier alpha value is -1.25. The van der Waals surface area contributed by atoms with Crippen molar-refractivity contribution in [1.82, 2.24) is 4.57 Å². The monoisotopic (exact) mass is 356 g/mol. The number of pyridine rings is 1. The third-order valence-electron chi connectivity index (χ3n) is 1.77. The van der Waals surface area contributed by atoms with Gasteiger partial charge in [0.2, 0.25) is 6.33 Å². The van der Waals surface area contributed by atoms with Crippen molar-refractivity contribution in [2.45, 2.75) is 0 Å². The summed E-state index contributed by atoms with van der Waals surface area (Å²) < 4.78 is 7.00. The second kappa shape index (κ2) is 12.2. The Labute approximate surface area is 151 Å². The summed E-state index contributed by atoms with van der Waals surface area (Å²) >= 11 is 0. The summed E-state index contributed by atoms with van der Waals surface area (Å²) in [5.41, 5.74) is 0. The molecule has 138 valence electrons. The van der Waals surface area contributed by atoms with E-state index in [-0.39, 0.29) is 7.26 Å². The lowest BCUT2D eigenvalue weighted by molar-refractivity contribution is -0.849. The molecule has 0 unspecified atom stereocenters. The molecule has 0 saturated heterocycles. The van der Waals surface area contributed by atoms with Crippen LogP contribution in [0.1, 0.15) is 0 Å². The van der Waals surface area contributed by atoms with Gasteiger partial charge < -0.3 is 4.48 Å². The lowest BCUT2D eigenvalue weighted by Gasteiger charge is -2.14. The molecule has 24 heavy (non-hydrogen) atoms. The van der Waals surface area contributed by atoms with E-state index in [0.717, 1.165) is 4.48 Å². The number of hydrogen-bond donors (Lipinski definition) is 0. The number of quaternary nitrogens is 1. The fraction of sp³-hybridized carbons (Fsp3) is 0.579. The Bertz CT molecular complexity index is 482. The second-order valence-corrected chi connectivity index (χ2v) is 14.0. The summed E-state index contributed by atoms with van der Waals surface area (Å²) in [7, 11) is 14.1. The SMILES string of the molecule is C[N+](C)(C)C.C[P+](C)(C)C.C[n+]1ccccc1.Cn1cc[n+](C)c1. The Morgan fingerprint density at radius 3 is 1.25 bits per heavy atom. The minimum atomic E-state index is -0.389. The standard InChI is InChI=1S/C6H8N.C5H9N2.C4H12N.C4H12P/c1-7-5-3-2-4-6-7;1-6-3-4-7(2)5-6;2*1-5(2,3)4/h2-6H,1H3;3-5H,1-2H3;2*1-4H3/q4*+1. The van der Waals surface area contributed by atoms with Gasteiger partial charge in [-0.05, 0) is 0 Å². The quantitative estimate of drug-likeness (QED) is 0.390. The van der Waals surface area contributed by atoms with Crippen molar-refractivity contribution in [3.8, 4) is 0 Å². The molecule has 2 rings (SSSR count). The van der Waals surface area contributed by atoms with Crippen LogP contribution in [-0.4, -0.2) is 63.9 Å². The largest absolute Gasteiger partial charge is 0.333 e. The first-order valence-electron chi connectivity index (χ1n) is 8.14. The molecule has 0 aliphatic heterocycles. The first-order chi connectivity index (χ1) is 10.7. The molecule has 2 heterocycles. The summed E-state index contributed by atoms with van der Waals surface area (Å²) in [6, 6.07) is 6.00. The fourth-order valence-electron chi connectivity index (χ4n) is 1.06. The molecule has 0 aromatic carbocycles. The van der Waals surface area contributed by atoms with Crippen molar-refractivity contribution < 1.29 is 13.6 Å². The number of aromatic nitrogens is 3. The van der Waals surface area contributed by atoms with E-state index in [2.05, 4.69) is 54.8 Å². The van der Waals surface area contributed by atoms with Crippen molar-refractivity contribution in [2.24, 2.45) is 21.1 Å². The van der Waals surface area contributed by atoms with Gasteiger partial charge in [-0.3, -0.25) is 0 Å². The van der Waals surface area contributed by atoms with E-state index in [1.165, 1.54) is 0 Å². The van der Waals surface area contributed by atoms with Crippen LogP contribution < -0.4 is 9.13 Å². The van der Waals surface area contributed by atoms with E-state index in [1.54, 1.807) is 0 Å². The molecule has 0 atom stereocenters. The van der Waals surface area contributed by atoms with Crippen LogP contribution in [0.2, 0.25) is 0 Å². The second-order valence-electron chi connectivity index (χ2n) is 8.65. The first-order valence-corrected chi connectivity index (χ1v) is 11.7. The number of imidazole rings is 1. The number of aryl methyl sites for hydroxylation is 3. The maximum absolute atomic E-state index is 2.30. The van der Waals surface area contributed by atoms with Crippen molar-refractivity contribution in [3.63, 3.8) is 0 Å². The number of rotatable bonds is 0. The molecule has 0 radical (unpaired) electrons. The van der Waals surface area contributed by atoms with Crippen LogP contribution >= 0.6 is 7.26 Å². The third-order valence-corrected chi connectivity index (χ3v) is 1.77. The first kappa shape index (κ1) is 25.0. The zero-order valence-corrected chi connectivity index (χ0v) is 18.7. The molecule has 0 N–H and O–H groups in total. The Kier molecular flexibility index (Phi) is 12.7. The summed E-state index contributed by atoms with van der Waals surface area (Å²) in [5.74, 6) is 0. The van der Waals surface area contributed by atoms with Gasteiger partial charge in [-0.2, -0.15) is 0 Å². The predicted molar refractivity (Wildman–Crippen MR) is 109 cm³/mol.